The molecule has 1 aliphatic heterocycles. The normalized spacial score (nSPS) is 19.5. The molecule has 1 unspecified atom stereocenters. The van der Waals surface area contributed by atoms with Gasteiger partial charge in [-0.1, -0.05) is 24.6 Å². The minimum absolute atomic E-state index is 0.110. The number of benzene rings is 1. The van der Waals surface area contributed by atoms with Gasteiger partial charge in [-0.2, -0.15) is 0 Å². The lowest BCUT2D eigenvalue weighted by Crippen LogP contribution is -2.41. The highest BCUT2D eigenvalue weighted by molar-refractivity contribution is 7.90. The maximum atomic E-state index is 12.0. The van der Waals surface area contributed by atoms with Crippen LogP contribution in [0, 0.1) is 12.8 Å². The zero-order chi connectivity index (χ0) is 14.0. The van der Waals surface area contributed by atoms with E-state index in [0.29, 0.717) is 19.0 Å². The van der Waals surface area contributed by atoms with Crippen LogP contribution >= 0.6 is 0 Å². The van der Waals surface area contributed by atoms with Crippen LogP contribution < -0.4 is 4.72 Å². The minimum atomic E-state index is -3.77. The van der Waals surface area contributed by atoms with Crippen LogP contribution in [0.2, 0.25) is 0 Å². The smallest absolute Gasteiger partial charge is 0.324 e. The molecule has 1 aromatic rings. The van der Waals surface area contributed by atoms with E-state index in [0.717, 1.165) is 12.0 Å². The molecule has 0 radical (unpaired) electrons. The van der Waals surface area contributed by atoms with E-state index >= 15 is 0 Å². The zero-order valence-corrected chi connectivity index (χ0v) is 11.9. The second-order valence-electron chi connectivity index (χ2n) is 5.06. The Bertz CT molecular complexity index is 566. The molecule has 1 aromatic carbocycles. The third-order valence-corrected chi connectivity index (χ3v) is 4.60. The topological polar surface area (TPSA) is 66.5 Å². The highest BCUT2D eigenvalue weighted by Crippen LogP contribution is 2.16. The van der Waals surface area contributed by atoms with Crippen LogP contribution in [0.15, 0.2) is 29.2 Å². The SMILES string of the molecule is Cc1ccc(S(=O)(=O)NC(=O)N2CCC(C)C2)cc1. The molecule has 6 heteroatoms. The molecule has 0 aliphatic carbocycles. The van der Waals surface area contributed by atoms with Gasteiger partial charge in [0, 0.05) is 13.1 Å². The maximum Gasteiger partial charge on any atom is 0.331 e. The van der Waals surface area contributed by atoms with E-state index in [9.17, 15) is 13.2 Å². The molecular formula is C13H18N2O3S. The number of nitrogens with one attached hydrogen (secondary N) is 1. The fourth-order valence-electron chi connectivity index (χ4n) is 2.08. The lowest BCUT2D eigenvalue weighted by Gasteiger charge is -2.16. The highest BCUT2D eigenvalue weighted by Gasteiger charge is 2.26. The number of sulfonamides is 1. The number of carbonyl (C=O) groups is 1. The number of urea groups is 1. The fraction of sp³-hybridized carbons (Fsp3) is 0.462. The van der Waals surface area contributed by atoms with E-state index in [1.807, 2.05) is 13.8 Å². The van der Waals surface area contributed by atoms with Crippen LogP contribution in [-0.2, 0) is 10.0 Å². The van der Waals surface area contributed by atoms with Gasteiger partial charge in [0.15, 0.2) is 0 Å². The number of nitrogens with zero attached hydrogens (tertiary/aromatic N) is 1. The van der Waals surface area contributed by atoms with Crippen LogP contribution in [-0.4, -0.2) is 32.4 Å². The van der Waals surface area contributed by atoms with Gasteiger partial charge in [-0.3, -0.25) is 0 Å². The molecule has 1 N–H and O–H groups in total. The van der Waals surface area contributed by atoms with Crippen molar-refractivity contribution in [2.45, 2.75) is 25.2 Å². The molecule has 1 fully saturated rings. The van der Waals surface area contributed by atoms with E-state index in [4.69, 9.17) is 0 Å². The fourth-order valence-corrected chi connectivity index (χ4v) is 3.05. The van der Waals surface area contributed by atoms with Gasteiger partial charge in [0.05, 0.1) is 4.90 Å². The van der Waals surface area contributed by atoms with Crippen molar-refractivity contribution in [3.05, 3.63) is 29.8 Å². The summed E-state index contributed by atoms with van der Waals surface area (Å²) in [6, 6.07) is 5.87. The van der Waals surface area contributed by atoms with Crippen LogP contribution in [0.1, 0.15) is 18.9 Å². The summed E-state index contributed by atoms with van der Waals surface area (Å²) in [5.74, 6) is 0.424. The molecule has 1 heterocycles. The molecule has 5 nitrogen and oxygen atoms in total. The Morgan fingerprint density at radius 3 is 2.47 bits per heavy atom. The van der Waals surface area contributed by atoms with Gasteiger partial charge in [0.2, 0.25) is 0 Å². The minimum Gasteiger partial charge on any atom is -0.324 e. The number of hydrogen-bond donors (Lipinski definition) is 1. The number of amides is 2. The Morgan fingerprint density at radius 2 is 1.95 bits per heavy atom. The van der Waals surface area contributed by atoms with Crippen molar-refractivity contribution in [3.63, 3.8) is 0 Å². The molecule has 0 saturated carbocycles. The summed E-state index contributed by atoms with van der Waals surface area (Å²) >= 11 is 0. The predicted octanol–water partition coefficient (Wildman–Crippen LogP) is 1.74. The average molecular weight is 282 g/mol. The molecule has 1 aliphatic rings. The van der Waals surface area contributed by atoms with Crippen LogP contribution in [0.4, 0.5) is 4.79 Å². The van der Waals surface area contributed by atoms with Gasteiger partial charge in [-0.25, -0.2) is 17.9 Å². The molecule has 19 heavy (non-hydrogen) atoms. The average Bonchev–Trinajstić information content (AvgIpc) is 2.76. The van der Waals surface area contributed by atoms with Crippen LogP contribution in [0.25, 0.3) is 0 Å². The molecule has 1 atom stereocenters. The molecule has 104 valence electrons. The lowest BCUT2D eigenvalue weighted by atomic mass is 10.2. The summed E-state index contributed by atoms with van der Waals surface area (Å²) in [7, 11) is -3.77. The first-order valence-electron chi connectivity index (χ1n) is 6.27. The number of hydrogen-bond acceptors (Lipinski definition) is 3. The molecule has 0 bridgehead atoms. The maximum absolute atomic E-state index is 12.0. The number of carbonyl (C=O) groups excluding carboxylic acids is 1. The molecular weight excluding hydrogens is 264 g/mol. The Morgan fingerprint density at radius 1 is 1.32 bits per heavy atom. The number of aryl methyl sites for hydroxylation is 1. The summed E-state index contributed by atoms with van der Waals surface area (Å²) in [6.45, 7) is 5.13. The number of likely N-dealkylation sites (tertiary alicyclic amines) is 1. The third-order valence-electron chi connectivity index (χ3n) is 3.26. The van der Waals surface area contributed by atoms with Gasteiger partial charge >= 0.3 is 6.03 Å². The predicted molar refractivity (Wildman–Crippen MR) is 72.3 cm³/mol. The van der Waals surface area contributed by atoms with Gasteiger partial charge in [0.1, 0.15) is 0 Å². The van der Waals surface area contributed by atoms with Gasteiger partial charge in [-0.15, -0.1) is 0 Å². The highest BCUT2D eigenvalue weighted by atomic mass is 32.2. The van der Waals surface area contributed by atoms with Crippen molar-refractivity contribution in [1.29, 1.82) is 0 Å². The summed E-state index contributed by atoms with van der Waals surface area (Å²) in [5.41, 5.74) is 0.971. The van der Waals surface area contributed by atoms with E-state index in [1.165, 1.54) is 17.0 Å². The first kappa shape index (κ1) is 13.9. The van der Waals surface area contributed by atoms with Crippen molar-refractivity contribution in [2.75, 3.05) is 13.1 Å². The van der Waals surface area contributed by atoms with Crippen LogP contribution in [0.3, 0.4) is 0 Å². The Labute approximate surface area is 113 Å². The van der Waals surface area contributed by atoms with E-state index in [2.05, 4.69) is 4.72 Å². The number of rotatable bonds is 2. The standard InChI is InChI=1S/C13H18N2O3S/c1-10-3-5-12(6-4-10)19(17,18)14-13(16)15-8-7-11(2)9-15/h3-6,11H,7-9H2,1-2H3,(H,14,16). The van der Waals surface area contributed by atoms with E-state index < -0.39 is 16.1 Å². The van der Waals surface area contributed by atoms with E-state index in [1.54, 1.807) is 12.1 Å². The molecule has 2 rings (SSSR count). The zero-order valence-electron chi connectivity index (χ0n) is 11.1. The van der Waals surface area contributed by atoms with Crippen molar-refractivity contribution in [1.82, 2.24) is 9.62 Å². The monoisotopic (exact) mass is 282 g/mol. The summed E-state index contributed by atoms with van der Waals surface area (Å²) in [5, 5.41) is 0. The van der Waals surface area contributed by atoms with Gasteiger partial charge < -0.3 is 4.90 Å². The molecule has 0 spiro atoms. The second kappa shape index (κ2) is 5.21. The first-order valence-corrected chi connectivity index (χ1v) is 7.75. The summed E-state index contributed by atoms with van der Waals surface area (Å²) < 4.78 is 26.2. The Hall–Kier alpha value is -1.56. The van der Waals surface area contributed by atoms with Crippen molar-refractivity contribution >= 4 is 16.1 Å². The molecule has 1 saturated heterocycles. The van der Waals surface area contributed by atoms with E-state index in [-0.39, 0.29) is 4.90 Å². The second-order valence-corrected chi connectivity index (χ2v) is 6.75. The summed E-state index contributed by atoms with van der Waals surface area (Å²) in [4.78, 5) is 13.5. The Kier molecular flexibility index (Phi) is 3.80. The van der Waals surface area contributed by atoms with Crippen LogP contribution in [0.5, 0.6) is 0 Å². The largest absolute Gasteiger partial charge is 0.331 e. The van der Waals surface area contributed by atoms with Crippen molar-refractivity contribution in [2.24, 2.45) is 5.92 Å². The molecule has 2 amide bonds. The van der Waals surface area contributed by atoms with Crippen molar-refractivity contribution in [3.8, 4) is 0 Å². The van der Waals surface area contributed by atoms with Crippen molar-refractivity contribution < 1.29 is 13.2 Å². The first-order chi connectivity index (χ1) is 8.88. The molecule has 0 aromatic heterocycles. The third kappa shape index (κ3) is 3.26. The lowest BCUT2D eigenvalue weighted by molar-refractivity contribution is 0.213. The Balaban J connectivity index is 2.09. The van der Waals surface area contributed by atoms with Gasteiger partial charge in [0.25, 0.3) is 10.0 Å². The summed E-state index contributed by atoms with van der Waals surface area (Å²) in [6.07, 6.45) is 0.915. The van der Waals surface area contributed by atoms with Gasteiger partial charge in [-0.05, 0) is 31.4 Å². The quantitative estimate of drug-likeness (QED) is 0.898.